The first-order valence-corrected chi connectivity index (χ1v) is 4.59. The highest BCUT2D eigenvalue weighted by atomic mass is 16.5. The van der Waals surface area contributed by atoms with Crippen LogP contribution in [0.25, 0.3) is 0 Å². The van der Waals surface area contributed by atoms with Gasteiger partial charge >= 0.3 is 5.97 Å². The van der Waals surface area contributed by atoms with Gasteiger partial charge in [-0.1, -0.05) is 20.8 Å². The Hall–Kier alpha value is -0.570. The summed E-state index contributed by atoms with van der Waals surface area (Å²) >= 11 is 0. The second-order valence-electron chi connectivity index (χ2n) is 4.13. The molecule has 0 aliphatic carbocycles. The molecule has 0 rings (SSSR count). The minimum atomic E-state index is -0.183. The minimum absolute atomic E-state index is 0.109. The molecule has 78 valence electrons. The molecule has 3 heteroatoms. The van der Waals surface area contributed by atoms with Crippen molar-refractivity contribution in [3.05, 3.63) is 0 Å². The standard InChI is InChI=1S/C10H20O3/c1-6-13-9(11)8(7-12-5)10(2,3)4/h8H,6-7H2,1-5H3. The summed E-state index contributed by atoms with van der Waals surface area (Å²) in [7, 11) is 1.60. The maximum atomic E-state index is 11.5. The molecule has 3 nitrogen and oxygen atoms in total. The molecule has 0 N–H and O–H groups in total. The molecule has 0 heterocycles. The quantitative estimate of drug-likeness (QED) is 0.632. The van der Waals surface area contributed by atoms with Gasteiger partial charge in [0, 0.05) is 7.11 Å². The predicted molar refractivity (Wildman–Crippen MR) is 51.5 cm³/mol. The Bertz CT molecular complexity index is 158. The van der Waals surface area contributed by atoms with Gasteiger partial charge in [0.25, 0.3) is 0 Å². The lowest BCUT2D eigenvalue weighted by atomic mass is 9.81. The maximum absolute atomic E-state index is 11.5. The number of carbonyl (C=O) groups is 1. The van der Waals surface area contributed by atoms with E-state index in [2.05, 4.69) is 0 Å². The van der Waals surface area contributed by atoms with Crippen molar-refractivity contribution in [2.75, 3.05) is 20.3 Å². The molecule has 0 amide bonds. The number of ether oxygens (including phenoxy) is 2. The van der Waals surface area contributed by atoms with Crippen LogP contribution in [0.2, 0.25) is 0 Å². The van der Waals surface area contributed by atoms with Crippen LogP contribution in [0, 0.1) is 11.3 Å². The molecule has 0 radical (unpaired) electrons. The highest BCUT2D eigenvalue weighted by Gasteiger charge is 2.32. The Morgan fingerprint density at radius 1 is 1.38 bits per heavy atom. The van der Waals surface area contributed by atoms with Crippen molar-refractivity contribution in [3.8, 4) is 0 Å². The average Bonchev–Trinajstić information content (AvgIpc) is 1.98. The van der Waals surface area contributed by atoms with Gasteiger partial charge in [0.15, 0.2) is 0 Å². The van der Waals surface area contributed by atoms with E-state index in [4.69, 9.17) is 9.47 Å². The molecule has 0 aromatic carbocycles. The first kappa shape index (κ1) is 12.4. The van der Waals surface area contributed by atoms with Crippen LogP contribution in [-0.4, -0.2) is 26.3 Å². The number of esters is 1. The highest BCUT2D eigenvalue weighted by Crippen LogP contribution is 2.27. The van der Waals surface area contributed by atoms with E-state index in [9.17, 15) is 4.79 Å². The van der Waals surface area contributed by atoms with E-state index in [-0.39, 0.29) is 17.3 Å². The molecule has 0 saturated carbocycles. The first-order chi connectivity index (χ1) is 5.93. The van der Waals surface area contributed by atoms with Crippen molar-refractivity contribution in [2.24, 2.45) is 11.3 Å². The smallest absolute Gasteiger partial charge is 0.311 e. The first-order valence-electron chi connectivity index (χ1n) is 4.59. The molecule has 0 aromatic heterocycles. The summed E-state index contributed by atoms with van der Waals surface area (Å²) < 4.78 is 9.96. The van der Waals surface area contributed by atoms with Gasteiger partial charge in [-0.2, -0.15) is 0 Å². The highest BCUT2D eigenvalue weighted by molar-refractivity contribution is 5.73. The zero-order chi connectivity index (χ0) is 10.5. The molecule has 0 saturated heterocycles. The molecular formula is C10H20O3. The van der Waals surface area contributed by atoms with Crippen LogP contribution < -0.4 is 0 Å². The molecule has 0 aliphatic heterocycles. The van der Waals surface area contributed by atoms with Gasteiger partial charge < -0.3 is 9.47 Å². The van der Waals surface area contributed by atoms with Gasteiger partial charge in [-0.25, -0.2) is 0 Å². The van der Waals surface area contributed by atoms with E-state index >= 15 is 0 Å². The van der Waals surface area contributed by atoms with Crippen LogP contribution in [-0.2, 0) is 14.3 Å². The molecule has 1 atom stereocenters. The second kappa shape index (κ2) is 5.22. The lowest BCUT2D eigenvalue weighted by Crippen LogP contribution is -2.33. The molecule has 0 bridgehead atoms. The van der Waals surface area contributed by atoms with Crippen molar-refractivity contribution in [3.63, 3.8) is 0 Å². The lowest BCUT2D eigenvalue weighted by Gasteiger charge is -2.27. The van der Waals surface area contributed by atoms with E-state index < -0.39 is 0 Å². The van der Waals surface area contributed by atoms with Crippen LogP contribution in [0.5, 0.6) is 0 Å². The Kier molecular flexibility index (Phi) is 4.99. The number of hydrogen-bond acceptors (Lipinski definition) is 3. The summed E-state index contributed by atoms with van der Waals surface area (Å²) in [5, 5.41) is 0. The van der Waals surface area contributed by atoms with E-state index in [0.29, 0.717) is 13.2 Å². The van der Waals surface area contributed by atoms with Crippen LogP contribution in [0.3, 0.4) is 0 Å². The van der Waals surface area contributed by atoms with Crippen molar-refractivity contribution in [2.45, 2.75) is 27.7 Å². The van der Waals surface area contributed by atoms with E-state index in [1.165, 1.54) is 0 Å². The van der Waals surface area contributed by atoms with Crippen molar-refractivity contribution >= 4 is 5.97 Å². The van der Waals surface area contributed by atoms with Crippen LogP contribution in [0.15, 0.2) is 0 Å². The summed E-state index contributed by atoms with van der Waals surface area (Å²) in [6.45, 7) is 8.68. The van der Waals surface area contributed by atoms with Gasteiger partial charge in [0.2, 0.25) is 0 Å². The topological polar surface area (TPSA) is 35.5 Å². The predicted octanol–water partition coefficient (Wildman–Crippen LogP) is 1.86. The molecule has 0 spiro atoms. The van der Waals surface area contributed by atoms with E-state index in [1.54, 1.807) is 7.11 Å². The number of rotatable bonds is 4. The fourth-order valence-corrected chi connectivity index (χ4v) is 1.08. The Morgan fingerprint density at radius 3 is 2.23 bits per heavy atom. The maximum Gasteiger partial charge on any atom is 0.311 e. The minimum Gasteiger partial charge on any atom is -0.466 e. The Labute approximate surface area is 80.4 Å². The second-order valence-corrected chi connectivity index (χ2v) is 4.13. The molecule has 13 heavy (non-hydrogen) atoms. The van der Waals surface area contributed by atoms with Crippen LogP contribution in [0.1, 0.15) is 27.7 Å². The third-order valence-electron chi connectivity index (χ3n) is 1.95. The van der Waals surface area contributed by atoms with Gasteiger partial charge in [0.1, 0.15) is 0 Å². The summed E-state index contributed by atoms with van der Waals surface area (Å²) in [5.74, 6) is -0.353. The summed E-state index contributed by atoms with van der Waals surface area (Å²) in [4.78, 5) is 11.5. The van der Waals surface area contributed by atoms with Crippen LogP contribution in [0.4, 0.5) is 0 Å². The number of carbonyl (C=O) groups excluding carboxylic acids is 1. The van der Waals surface area contributed by atoms with E-state index in [0.717, 1.165) is 0 Å². The zero-order valence-electron chi connectivity index (χ0n) is 9.22. The molecule has 0 aliphatic rings. The zero-order valence-corrected chi connectivity index (χ0v) is 9.22. The molecule has 0 aromatic rings. The van der Waals surface area contributed by atoms with E-state index in [1.807, 2.05) is 27.7 Å². The molecule has 1 unspecified atom stereocenters. The number of methoxy groups -OCH3 is 1. The molecule has 0 fully saturated rings. The molecular weight excluding hydrogens is 168 g/mol. The largest absolute Gasteiger partial charge is 0.466 e. The monoisotopic (exact) mass is 188 g/mol. The summed E-state index contributed by atoms with van der Waals surface area (Å²) in [6, 6.07) is 0. The van der Waals surface area contributed by atoms with Crippen molar-refractivity contribution in [1.82, 2.24) is 0 Å². The van der Waals surface area contributed by atoms with Gasteiger partial charge in [0.05, 0.1) is 19.1 Å². The van der Waals surface area contributed by atoms with Crippen molar-refractivity contribution in [1.29, 1.82) is 0 Å². The Morgan fingerprint density at radius 2 is 1.92 bits per heavy atom. The fourth-order valence-electron chi connectivity index (χ4n) is 1.08. The lowest BCUT2D eigenvalue weighted by molar-refractivity contribution is -0.154. The SMILES string of the molecule is CCOC(=O)C(COC)C(C)(C)C. The van der Waals surface area contributed by atoms with Crippen LogP contribution >= 0.6 is 0 Å². The summed E-state index contributed by atoms with van der Waals surface area (Å²) in [6.07, 6.45) is 0. The normalized spacial score (nSPS) is 13.9. The average molecular weight is 188 g/mol. The van der Waals surface area contributed by atoms with Gasteiger partial charge in [-0.05, 0) is 12.3 Å². The Balaban J connectivity index is 4.33. The summed E-state index contributed by atoms with van der Waals surface area (Å²) in [5.41, 5.74) is -0.109. The third kappa shape index (κ3) is 4.27. The van der Waals surface area contributed by atoms with Gasteiger partial charge in [-0.15, -0.1) is 0 Å². The number of hydrogen-bond donors (Lipinski definition) is 0. The third-order valence-corrected chi connectivity index (χ3v) is 1.95. The fraction of sp³-hybridized carbons (Fsp3) is 0.900. The van der Waals surface area contributed by atoms with Crippen molar-refractivity contribution < 1.29 is 14.3 Å². The van der Waals surface area contributed by atoms with Gasteiger partial charge in [-0.3, -0.25) is 4.79 Å².